The topological polar surface area (TPSA) is 47.6 Å². The van der Waals surface area contributed by atoms with E-state index >= 15 is 0 Å². The number of carbonyl (C=O) groups excluding carboxylic acids is 1. The fourth-order valence-corrected chi connectivity index (χ4v) is 3.74. The molecule has 0 bridgehead atoms. The van der Waals surface area contributed by atoms with Crippen molar-refractivity contribution in [3.8, 4) is 22.6 Å². The van der Waals surface area contributed by atoms with Crippen LogP contribution in [0.3, 0.4) is 0 Å². The van der Waals surface area contributed by atoms with Crippen LogP contribution < -0.4 is 14.8 Å². The highest BCUT2D eigenvalue weighted by Crippen LogP contribution is 2.31. The molecule has 1 aliphatic heterocycles. The number of carbonyl (C=O) groups is 1. The van der Waals surface area contributed by atoms with Gasteiger partial charge in [0.05, 0.1) is 4.88 Å². The van der Waals surface area contributed by atoms with E-state index in [9.17, 15) is 4.79 Å². The smallest absolute Gasteiger partial charge is 0.262 e. The molecular formula is C21H19NO3S. The zero-order valence-corrected chi connectivity index (χ0v) is 15.3. The minimum atomic E-state index is -0.0644. The molecule has 4 rings (SSSR count). The Labute approximate surface area is 156 Å². The quantitative estimate of drug-likeness (QED) is 0.744. The summed E-state index contributed by atoms with van der Waals surface area (Å²) in [6.45, 7) is 3.63. The molecule has 132 valence electrons. The first kappa shape index (κ1) is 16.7. The maximum atomic E-state index is 12.7. The first-order valence-electron chi connectivity index (χ1n) is 8.52. The van der Waals surface area contributed by atoms with Crippen molar-refractivity contribution in [3.63, 3.8) is 0 Å². The molecule has 0 fully saturated rings. The lowest BCUT2D eigenvalue weighted by Crippen LogP contribution is -2.22. The van der Waals surface area contributed by atoms with Crippen molar-refractivity contribution in [3.05, 3.63) is 69.9 Å². The third-order valence-electron chi connectivity index (χ3n) is 4.29. The number of hydrogen-bond acceptors (Lipinski definition) is 4. The molecule has 1 aliphatic rings. The van der Waals surface area contributed by atoms with Crippen molar-refractivity contribution in [2.75, 3.05) is 13.2 Å². The Bertz CT molecular complexity index is 931. The van der Waals surface area contributed by atoms with Gasteiger partial charge >= 0.3 is 0 Å². The van der Waals surface area contributed by atoms with Crippen LogP contribution in [0.4, 0.5) is 0 Å². The Kier molecular flexibility index (Phi) is 4.63. The van der Waals surface area contributed by atoms with E-state index in [1.54, 1.807) is 0 Å². The summed E-state index contributed by atoms with van der Waals surface area (Å²) in [6.07, 6.45) is 0. The van der Waals surface area contributed by atoms with Gasteiger partial charge in [0.15, 0.2) is 11.5 Å². The highest BCUT2D eigenvalue weighted by Gasteiger charge is 2.16. The Morgan fingerprint density at radius 1 is 1.04 bits per heavy atom. The van der Waals surface area contributed by atoms with Gasteiger partial charge in [-0.25, -0.2) is 0 Å². The second-order valence-corrected chi connectivity index (χ2v) is 7.11. The summed E-state index contributed by atoms with van der Waals surface area (Å²) in [6, 6.07) is 16.0. The average molecular weight is 365 g/mol. The number of hydrogen-bond donors (Lipinski definition) is 1. The summed E-state index contributed by atoms with van der Waals surface area (Å²) in [5, 5.41) is 4.96. The van der Waals surface area contributed by atoms with Crippen LogP contribution in [0.2, 0.25) is 0 Å². The molecule has 1 N–H and O–H groups in total. The van der Waals surface area contributed by atoms with Crippen LogP contribution in [-0.4, -0.2) is 19.1 Å². The Hall–Kier alpha value is -2.79. The van der Waals surface area contributed by atoms with E-state index in [0.717, 1.165) is 33.1 Å². The first-order valence-corrected chi connectivity index (χ1v) is 9.40. The normalized spacial score (nSPS) is 12.7. The number of amides is 1. The van der Waals surface area contributed by atoms with Gasteiger partial charge in [-0.05, 0) is 41.6 Å². The molecule has 3 aromatic rings. The van der Waals surface area contributed by atoms with Gasteiger partial charge in [0, 0.05) is 12.1 Å². The van der Waals surface area contributed by atoms with Crippen LogP contribution in [0.15, 0.2) is 53.9 Å². The van der Waals surface area contributed by atoms with Crippen LogP contribution in [0.1, 0.15) is 20.8 Å². The van der Waals surface area contributed by atoms with E-state index in [-0.39, 0.29) is 5.91 Å². The van der Waals surface area contributed by atoms with Crippen molar-refractivity contribution in [2.45, 2.75) is 13.5 Å². The van der Waals surface area contributed by atoms with Gasteiger partial charge in [0.1, 0.15) is 13.2 Å². The van der Waals surface area contributed by atoms with Crippen LogP contribution in [0, 0.1) is 6.92 Å². The second kappa shape index (κ2) is 7.22. The Balaban J connectivity index is 1.48. The van der Waals surface area contributed by atoms with E-state index in [0.29, 0.717) is 19.8 Å². The molecule has 5 heteroatoms. The molecule has 0 radical (unpaired) electrons. The summed E-state index contributed by atoms with van der Waals surface area (Å²) in [4.78, 5) is 13.4. The summed E-state index contributed by atoms with van der Waals surface area (Å²) in [7, 11) is 0. The highest BCUT2D eigenvalue weighted by atomic mass is 32.1. The standard InChI is InChI=1S/C21H19NO3S/c1-14-2-5-16(6-3-14)17-8-11-26-20(17)21(23)22-13-15-4-7-18-19(12-15)25-10-9-24-18/h2-8,11-12H,9-10,13H2,1H3,(H,22,23). The van der Waals surface area contributed by atoms with Crippen molar-refractivity contribution < 1.29 is 14.3 Å². The lowest BCUT2D eigenvalue weighted by molar-refractivity contribution is 0.0955. The van der Waals surface area contributed by atoms with Gasteiger partial charge in [-0.1, -0.05) is 35.9 Å². The lowest BCUT2D eigenvalue weighted by Gasteiger charge is -2.19. The van der Waals surface area contributed by atoms with E-state index in [1.807, 2.05) is 29.6 Å². The molecule has 1 amide bonds. The van der Waals surface area contributed by atoms with Gasteiger partial charge in [-0.15, -0.1) is 11.3 Å². The molecule has 0 spiro atoms. The van der Waals surface area contributed by atoms with Crippen molar-refractivity contribution in [2.24, 2.45) is 0 Å². The molecule has 0 atom stereocenters. The zero-order valence-electron chi connectivity index (χ0n) is 14.5. The number of fused-ring (bicyclic) bond motifs is 1. The Morgan fingerprint density at radius 3 is 2.62 bits per heavy atom. The molecule has 2 heterocycles. The van der Waals surface area contributed by atoms with Gasteiger partial charge in [0.2, 0.25) is 0 Å². The molecule has 0 aliphatic carbocycles. The molecule has 0 saturated heterocycles. The van der Waals surface area contributed by atoms with Gasteiger partial charge in [0.25, 0.3) is 5.91 Å². The fourth-order valence-electron chi connectivity index (χ4n) is 2.91. The van der Waals surface area contributed by atoms with Crippen molar-refractivity contribution in [1.82, 2.24) is 5.32 Å². The summed E-state index contributed by atoms with van der Waals surface area (Å²) >= 11 is 1.46. The van der Waals surface area contributed by atoms with E-state index in [1.165, 1.54) is 16.9 Å². The summed E-state index contributed by atoms with van der Waals surface area (Å²) in [5.41, 5.74) is 4.21. The predicted octanol–water partition coefficient (Wildman–Crippen LogP) is 4.42. The SMILES string of the molecule is Cc1ccc(-c2ccsc2C(=O)NCc2ccc3c(c2)OCCO3)cc1. The fraction of sp³-hybridized carbons (Fsp3) is 0.190. The predicted molar refractivity (Wildman–Crippen MR) is 103 cm³/mol. The second-order valence-electron chi connectivity index (χ2n) is 6.19. The van der Waals surface area contributed by atoms with Gasteiger partial charge < -0.3 is 14.8 Å². The first-order chi connectivity index (χ1) is 12.7. The summed E-state index contributed by atoms with van der Waals surface area (Å²) in [5.74, 6) is 1.43. The number of ether oxygens (including phenoxy) is 2. The molecule has 1 aromatic heterocycles. The van der Waals surface area contributed by atoms with Crippen LogP contribution >= 0.6 is 11.3 Å². The van der Waals surface area contributed by atoms with Crippen molar-refractivity contribution >= 4 is 17.2 Å². The molecule has 0 unspecified atom stereocenters. The highest BCUT2D eigenvalue weighted by molar-refractivity contribution is 7.12. The molecule has 0 saturated carbocycles. The lowest BCUT2D eigenvalue weighted by atomic mass is 10.0. The Morgan fingerprint density at radius 2 is 1.81 bits per heavy atom. The van der Waals surface area contributed by atoms with Gasteiger partial charge in [-0.2, -0.15) is 0 Å². The monoisotopic (exact) mass is 365 g/mol. The average Bonchev–Trinajstić information content (AvgIpc) is 3.16. The van der Waals surface area contributed by atoms with Gasteiger partial charge in [-0.3, -0.25) is 4.79 Å². The van der Waals surface area contributed by atoms with E-state index in [4.69, 9.17) is 9.47 Å². The minimum Gasteiger partial charge on any atom is -0.486 e. The third-order valence-corrected chi connectivity index (χ3v) is 5.21. The van der Waals surface area contributed by atoms with E-state index in [2.05, 4.69) is 36.5 Å². The van der Waals surface area contributed by atoms with Crippen LogP contribution in [-0.2, 0) is 6.54 Å². The largest absolute Gasteiger partial charge is 0.486 e. The minimum absolute atomic E-state index is 0.0644. The number of nitrogens with one attached hydrogen (secondary N) is 1. The molecule has 26 heavy (non-hydrogen) atoms. The molecular weight excluding hydrogens is 346 g/mol. The number of aryl methyl sites for hydroxylation is 1. The molecule has 4 nitrogen and oxygen atoms in total. The maximum absolute atomic E-state index is 12.7. The van der Waals surface area contributed by atoms with E-state index < -0.39 is 0 Å². The number of rotatable bonds is 4. The number of thiophene rings is 1. The van der Waals surface area contributed by atoms with Crippen LogP contribution in [0.5, 0.6) is 11.5 Å². The molecule has 2 aromatic carbocycles. The zero-order chi connectivity index (χ0) is 17.9. The summed E-state index contributed by atoms with van der Waals surface area (Å²) < 4.78 is 11.1. The maximum Gasteiger partial charge on any atom is 0.262 e. The third kappa shape index (κ3) is 3.44. The number of benzene rings is 2. The van der Waals surface area contributed by atoms with Crippen LogP contribution in [0.25, 0.3) is 11.1 Å². The van der Waals surface area contributed by atoms with Crippen molar-refractivity contribution in [1.29, 1.82) is 0 Å².